The summed E-state index contributed by atoms with van der Waals surface area (Å²) in [5.41, 5.74) is 1.70. The van der Waals surface area contributed by atoms with Crippen LogP contribution in [0.1, 0.15) is 12.1 Å². The molecule has 11 heavy (non-hydrogen) atoms. The van der Waals surface area contributed by atoms with E-state index in [0.717, 1.165) is 17.8 Å². The third-order valence-electron chi connectivity index (χ3n) is 1.45. The first kappa shape index (κ1) is 6.15. The highest BCUT2D eigenvalue weighted by Gasteiger charge is 2.04. The predicted molar refractivity (Wildman–Crippen MR) is 39.2 cm³/mol. The fraction of sp³-hybridized carbons (Fsp3) is 0.143. The zero-order valence-corrected chi connectivity index (χ0v) is 5.82. The second-order valence-electron chi connectivity index (χ2n) is 2.19. The van der Waals surface area contributed by atoms with Crippen molar-refractivity contribution < 1.29 is 4.52 Å². The molecule has 2 heterocycles. The quantitative estimate of drug-likeness (QED) is 0.645. The molecule has 0 amide bonds. The van der Waals surface area contributed by atoms with Crippen molar-refractivity contribution in [3.05, 3.63) is 30.3 Å². The lowest BCUT2D eigenvalue weighted by atomic mass is 10.2. The smallest absolute Gasteiger partial charge is 0.153 e. The summed E-state index contributed by atoms with van der Waals surface area (Å²) < 4.78 is 4.60. The van der Waals surface area contributed by atoms with E-state index in [1.807, 2.05) is 18.4 Å². The Kier molecular flexibility index (Phi) is 1.44. The van der Waals surface area contributed by atoms with Crippen molar-refractivity contribution in [3.8, 4) is 0 Å². The first-order chi connectivity index (χ1) is 5.47. The summed E-state index contributed by atoms with van der Waals surface area (Å²) in [6.45, 7) is 0. The molecule has 1 aliphatic heterocycles. The molecule has 0 saturated carbocycles. The lowest BCUT2D eigenvalue weighted by Gasteiger charge is -2.05. The van der Waals surface area contributed by atoms with Gasteiger partial charge in [-0.3, -0.25) is 0 Å². The predicted octanol–water partition coefficient (Wildman–Crippen LogP) is 0.917. The summed E-state index contributed by atoms with van der Waals surface area (Å²) in [5, 5.41) is 10.2. The van der Waals surface area contributed by atoms with Crippen molar-refractivity contribution in [3.63, 3.8) is 0 Å². The van der Waals surface area contributed by atoms with Crippen LogP contribution in [0.15, 0.2) is 29.1 Å². The number of hydrogen-bond acceptors (Lipinski definition) is 4. The Labute approximate surface area is 63.6 Å². The van der Waals surface area contributed by atoms with Gasteiger partial charge in [0.05, 0.1) is 5.70 Å². The average molecular weight is 149 g/mol. The van der Waals surface area contributed by atoms with E-state index in [4.69, 9.17) is 0 Å². The maximum Gasteiger partial charge on any atom is 0.153 e. The summed E-state index contributed by atoms with van der Waals surface area (Å²) in [6.07, 6.45) is 8.37. The molecule has 56 valence electrons. The van der Waals surface area contributed by atoms with E-state index in [-0.39, 0.29) is 0 Å². The Bertz CT molecular complexity index is 287. The number of dihydropyridines is 1. The van der Waals surface area contributed by atoms with E-state index in [9.17, 15) is 0 Å². The Morgan fingerprint density at radius 2 is 2.55 bits per heavy atom. The normalized spacial score (nSPS) is 15.8. The summed E-state index contributed by atoms with van der Waals surface area (Å²) in [4.78, 5) is 0. The van der Waals surface area contributed by atoms with Gasteiger partial charge in [-0.1, -0.05) is 12.2 Å². The van der Waals surface area contributed by atoms with E-state index in [1.54, 1.807) is 0 Å². The maximum atomic E-state index is 4.60. The molecule has 1 aliphatic rings. The van der Waals surface area contributed by atoms with E-state index in [2.05, 4.69) is 20.2 Å². The monoisotopic (exact) mass is 149 g/mol. The molecule has 0 unspecified atom stereocenters. The van der Waals surface area contributed by atoms with Crippen LogP contribution in [-0.2, 0) is 0 Å². The van der Waals surface area contributed by atoms with Gasteiger partial charge in [0.15, 0.2) is 6.26 Å². The Balaban J connectivity index is 2.24. The van der Waals surface area contributed by atoms with Gasteiger partial charge in [0.2, 0.25) is 0 Å². The highest BCUT2D eigenvalue weighted by Crippen LogP contribution is 2.10. The molecule has 4 nitrogen and oxygen atoms in total. The van der Waals surface area contributed by atoms with Gasteiger partial charge < -0.3 is 9.84 Å². The minimum atomic E-state index is 0.745. The molecule has 1 aromatic heterocycles. The fourth-order valence-corrected chi connectivity index (χ4v) is 0.922. The SMILES string of the molecule is C1=CNC(c2conn2)=CC1. The second-order valence-corrected chi connectivity index (χ2v) is 2.19. The first-order valence-electron chi connectivity index (χ1n) is 3.36. The van der Waals surface area contributed by atoms with Crippen molar-refractivity contribution in [2.24, 2.45) is 0 Å². The van der Waals surface area contributed by atoms with Gasteiger partial charge >= 0.3 is 0 Å². The lowest BCUT2D eigenvalue weighted by molar-refractivity contribution is 0.393. The van der Waals surface area contributed by atoms with Crippen molar-refractivity contribution in [2.45, 2.75) is 6.42 Å². The van der Waals surface area contributed by atoms with E-state index >= 15 is 0 Å². The maximum absolute atomic E-state index is 4.60. The molecule has 0 radical (unpaired) electrons. The van der Waals surface area contributed by atoms with Crippen LogP contribution >= 0.6 is 0 Å². The molecule has 1 N–H and O–H groups in total. The molecule has 0 saturated heterocycles. The van der Waals surface area contributed by atoms with Crippen molar-refractivity contribution in [1.29, 1.82) is 0 Å². The third kappa shape index (κ3) is 1.14. The number of nitrogens with zero attached hydrogens (tertiary/aromatic N) is 2. The van der Waals surface area contributed by atoms with Crippen molar-refractivity contribution >= 4 is 5.70 Å². The third-order valence-corrected chi connectivity index (χ3v) is 1.45. The van der Waals surface area contributed by atoms with Crippen LogP contribution in [0.25, 0.3) is 5.70 Å². The highest BCUT2D eigenvalue weighted by molar-refractivity contribution is 5.61. The molecule has 1 aromatic rings. The molecule has 0 fully saturated rings. The number of hydrogen-bond donors (Lipinski definition) is 1. The van der Waals surface area contributed by atoms with Crippen molar-refractivity contribution in [1.82, 2.24) is 15.7 Å². The highest BCUT2D eigenvalue weighted by atomic mass is 16.5. The van der Waals surface area contributed by atoms with Crippen LogP contribution < -0.4 is 5.32 Å². The molecule has 0 bridgehead atoms. The number of aromatic nitrogens is 2. The number of nitrogens with one attached hydrogen (secondary N) is 1. The van der Waals surface area contributed by atoms with Gasteiger partial charge in [-0.25, -0.2) is 0 Å². The molecule has 0 aromatic carbocycles. The van der Waals surface area contributed by atoms with Crippen LogP contribution in [-0.4, -0.2) is 10.4 Å². The Morgan fingerprint density at radius 3 is 3.18 bits per heavy atom. The molecule has 0 spiro atoms. The molecule has 2 rings (SSSR count). The van der Waals surface area contributed by atoms with Crippen molar-refractivity contribution in [2.75, 3.05) is 0 Å². The second kappa shape index (κ2) is 2.57. The summed E-state index contributed by atoms with van der Waals surface area (Å²) in [7, 11) is 0. The van der Waals surface area contributed by atoms with Gasteiger partial charge in [0.25, 0.3) is 0 Å². The average Bonchev–Trinajstić information content (AvgIpc) is 2.58. The van der Waals surface area contributed by atoms with Crippen LogP contribution in [0.4, 0.5) is 0 Å². The topological polar surface area (TPSA) is 51.0 Å². The van der Waals surface area contributed by atoms with E-state index in [0.29, 0.717) is 0 Å². The minimum absolute atomic E-state index is 0.745. The molecule has 0 atom stereocenters. The van der Waals surface area contributed by atoms with Gasteiger partial charge in [-0.05, 0) is 12.6 Å². The Hall–Kier alpha value is -1.58. The number of rotatable bonds is 1. The lowest BCUT2D eigenvalue weighted by Crippen LogP contribution is -2.06. The van der Waals surface area contributed by atoms with Crippen LogP contribution in [0.5, 0.6) is 0 Å². The minimum Gasteiger partial charge on any atom is -0.360 e. The molecule has 4 heteroatoms. The Morgan fingerprint density at radius 1 is 1.55 bits per heavy atom. The largest absolute Gasteiger partial charge is 0.360 e. The molecule has 0 aliphatic carbocycles. The van der Waals surface area contributed by atoms with Crippen LogP contribution in [0.3, 0.4) is 0 Å². The zero-order chi connectivity index (χ0) is 7.52. The summed E-state index contributed by atoms with van der Waals surface area (Å²) >= 11 is 0. The molecular formula is C7H7N3O. The fourth-order valence-electron chi connectivity index (χ4n) is 0.922. The van der Waals surface area contributed by atoms with Gasteiger partial charge in [-0.15, -0.1) is 5.10 Å². The van der Waals surface area contributed by atoms with Gasteiger partial charge in [0.1, 0.15) is 5.69 Å². The summed E-state index contributed by atoms with van der Waals surface area (Å²) in [5.74, 6) is 0. The summed E-state index contributed by atoms with van der Waals surface area (Å²) in [6, 6.07) is 0. The number of allylic oxidation sites excluding steroid dienone is 2. The van der Waals surface area contributed by atoms with Crippen LogP contribution in [0, 0.1) is 0 Å². The van der Waals surface area contributed by atoms with Gasteiger partial charge in [-0.2, -0.15) is 0 Å². The zero-order valence-electron chi connectivity index (χ0n) is 5.82. The molecular weight excluding hydrogens is 142 g/mol. The standard InChI is InChI=1S/C7H7N3O/c1-2-4-8-6(3-1)7-5-11-10-9-7/h2-5,8H,1H2. The van der Waals surface area contributed by atoms with Crippen LogP contribution in [0.2, 0.25) is 0 Å². The van der Waals surface area contributed by atoms with E-state index in [1.165, 1.54) is 6.26 Å². The van der Waals surface area contributed by atoms with Gasteiger partial charge in [0, 0.05) is 5.27 Å². The van der Waals surface area contributed by atoms with E-state index < -0.39 is 0 Å². The first-order valence-corrected chi connectivity index (χ1v) is 3.36.